The number of anilines is 3. The minimum Gasteiger partial charge on any atom is -0.310 e. The molecule has 0 atom stereocenters. The second-order valence-corrected chi connectivity index (χ2v) is 15.2. The second-order valence-electron chi connectivity index (χ2n) is 15.2. The van der Waals surface area contributed by atoms with Crippen LogP contribution in [0.1, 0.15) is 27.8 Å². The fourth-order valence-electron chi connectivity index (χ4n) is 9.16. The van der Waals surface area contributed by atoms with E-state index >= 15 is 0 Å². The average Bonchev–Trinajstić information content (AvgIpc) is 3.62. The van der Waals surface area contributed by atoms with Gasteiger partial charge in [0.25, 0.3) is 0 Å². The fraction of sp³-hybridized carbons (Fsp3) is 0.0357. The molecule has 9 aromatic carbocycles. The van der Waals surface area contributed by atoms with E-state index in [2.05, 4.69) is 163 Å². The van der Waals surface area contributed by atoms with Crippen molar-refractivity contribution in [1.29, 1.82) is 0 Å². The third-order valence-corrected chi connectivity index (χ3v) is 11.8. The fourth-order valence-corrected chi connectivity index (χ4v) is 9.16. The number of halogens is 3. The highest BCUT2D eigenvalue weighted by Gasteiger charge is 2.47. The minimum atomic E-state index is -4.47. The number of hydrogen-bond acceptors (Lipinski definition) is 1. The van der Waals surface area contributed by atoms with Gasteiger partial charge in [0, 0.05) is 16.9 Å². The van der Waals surface area contributed by atoms with Crippen molar-refractivity contribution in [2.75, 3.05) is 4.90 Å². The maximum atomic E-state index is 14.0. The molecule has 0 saturated heterocycles. The van der Waals surface area contributed by atoms with Gasteiger partial charge in [0.15, 0.2) is 0 Å². The predicted molar refractivity (Wildman–Crippen MR) is 240 cm³/mol. The van der Waals surface area contributed by atoms with Crippen LogP contribution in [-0.2, 0) is 11.6 Å². The Kier molecular flexibility index (Phi) is 9.26. The van der Waals surface area contributed by atoms with Crippen molar-refractivity contribution in [2.24, 2.45) is 0 Å². The molecule has 0 radical (unpaired) electrons. The van der Waals surface area contributed by atoms with Gasteiger partial charge in [-0.3, -0.25) is 0 Å². The lowest BCUT2D eigenvalue weighted by Gasteiger charge is -2.34. The molecule has 0 aliphatic heterocycles. The van der Waals surface area contributed by atoms with E-state index in [1.54, 1.807) is 12.1 Å². The molecule has 60 heavy (non-hydrogen) atoms. The number of nitrogens with zero attached hydrogens (tertiary/aromatic N) is 1. The zero-order chi connectivity index (χ0) is 40.7. The van der Waals surface area contributed by atoms with Gasteiger partial charge in [-0.1, -0.05) is 182 Å². The highest BCUT2D eigenvalue weighted by atomic mass is 19.4. The van der Waals surface area contributed by atoms with Crippen LogP contribution in [-0.4, -0.2) is 0 Å². The van der Waals surface area contributed by atoms with Gasteiger partial charge in [0.05, 0.1) is 16.7 Å². The average molecular weight is 782 g/mol. The van der Waals surface area contributed by atoms with Gasteiger partial charge in [-0.15, -0.1) is 0 Å². The molecule has 1 aliphatic carbocycles. The van der Waals surface area contributed by atoms with Crippen LogP contribution in [0.3, 0.4) is 0 Å². The van der Waals surface area contributed by atoms with Gasteiger partial charge < -0.3 is 4.90 Å². The quantitative estimate of drug-likeness (QED) is 0.148. The molecule has 10 rings (SSSR count). The normalized spacial score (nSPS) is 12.7. The molecule has 0 saturated carbocycles. The molecule has 4 heteroatoms. The number of benzene rings is 9. The van der Waals surface area contributed by atoms with E-state index in [-0.39, 0.29) is 0 Å². The van der Waals surface area contributed by atoms with Gasteiger partial charge in [0.1, 0.15) is 0 Å². The zero-order valence-electron chi connectivity index (χ0n) is 32.5. The van der Waals surface area contributed by atoms with E-state index < -0.39 is 17.2 Å². The van der Waals surface area contributed by atoms with E-state index in [0.29, 0.717) is 5.69 Å². The van der Waals surface area contributed by atoms with Crippen LogP contribution in [0.15, 0.2) is 231 Å². The summed E-state index contributed by atoms with van der Waals surface area (Å²) >= 11 is 0. The van der Waals surface area contributed by atoms with Crippen LogP contribution >= 0.6 is 0 Å². The molecule has 0 heterocycles. The third kappa shape index (κ3) is 6.29. The van der Waals surface area contributed by atoms with Crippen LogP contribution in [0.5, 0.6) is 0 Å². The third-order valence-electron chi connectivity index (χ3n) is 11.8. The standard InChI is InChI=1S/C56H38F3N/c57-56(58,59)45-32-34-46(35-33-45)60(47-26-15-21-41(37-47)39-17-5-1-6-18-39)53-36-31-42(40-19-7-2-8-20-40)38-50(53)48-28-16-30-52-54(48)49-27-13-14-29-51(49)55(52,43-22-9-3-10-23-43)44-24-11-4-12-25-44/h1-38H. The van der Waals surface area contributed by atoms with Gasteiger partial charge in [-0.05, 0) is 110 Å². The Hall–Kier alpha value is -7.43. The molecule has 0 aromatic heterocycles. The minimum absolute atomic E-state index is 0.609. The lowest BCUT2D eigenvalue weighted by molar-refractivity contribution is -0.137. The monoisotopic (exact) mass is 781 g/mol. The van der Waals surface area contributed by atoms with E-state index in [1.807, 2.05) is 48.5 Å². The molecule has 1 nitrogen and oxygen atoms in total. The molecule has 0 N–H and O–H groups in total. The van der Waals surface area contributed by atoms with E-state index in [4.69, 9.17) is 0 Å². The first kappa shape index (κ1) is 36.9. The van der Waals surface area contributed by atoms with Crippen molar-refractivity contribution in [1.82, 2.24) is 0 Å². The van der Waals surface area contributed by atoms with Crippen molar-refractivity contribution >= 4 is 17.1 Å². The van der Waals surface area contributed by atoms with Gasteiger partial charge in [0.2, 0.25) is 0 Å². The Morgan fingerprint density at radius 1 is 0.350 bits per heavy atom. The number of fused-ring (bicyclic) bond motifs is 3. The highest BCUT2D eigenvalue weighted by Crippen LogP contribution is 2.59. The Morgan fingerprint density at radius 2 is 0.850 bits per heavy atom. The van der Waals surface area contributed by atoms with Crippen molar-refractivity contribution in [2.45, 2.75) is 11.6 Å². The lowest BCUT2D eigenvalue weighted by atomic mass is 9.67. The Labute approximate surface area is 348 Å². The molecule has 0 spiro atoms. The maximum Gasteiger partial charge on any atom is 0.416 e. The van der Waals surface area contributed by atoms with E-state index in [1.165, 1.54) is 34.4 Å². The number of alkyl halides is 3. The number of hydrogen-bond donors (Lipinski definition) is 0. The second kappa shape index (κ2) is 15.1. The summed E-state index contributed by atoms with van der Waals surface area (Å²) in [6.07, 6.45) is -4.47. The summed E-state index contributed by atoms with van der Waals surface area (Å²) in [6.45, 7) is 0. The zero-order valence-corrected chi connectivity index (χ0v) is 32.5. The Bertz CT molecular complexity index is 2900. The molecule has 0 amide bonds. The maximum absolute atomic E-state index is 14.0. The highest BCUT2D eigenvalue weighted by molar-refractivity contribution is 6.01. The summed E-state index contributed by atoms with van der Waals surface area (Å²) in [5.41, 5.74) is 14.0. The first-order valence-corrected chi connectivity index (χ1v) is 20.1. The molecular weight excluding hydrogens is 744 g/mol. The molecule has 0 unspecified atom stereocenters. The Morgan fingerprint density at radius 3 is 1.47 bits per heavy atom. The summed E-state index contributed by atoms with van der Waals surface area (Å²) in [7, 11) is 0. The first-order valence-electron chi connectivity index (χ1n) is 20.1. The largest absolute Gasteiger partial charge is 0.416 e. The van der Waals surface area contributed by atoms with E-state index in [0.717, 1.165) is 55.9 Å². The van der Waals surface area contributed by atoms with Crippen molar-refractivity contribution in [3.63, 3.8) is 0 Å². The first-order chi connectivity index (χ1) is 29.4. The molecule has 0 fully saturated rings. The van der Waals surface area contributed by atoms with Gasteiger partial charge >= 0.3 is 6.18 Å². The summed E-state index contributed by atoms with van der Waals surface area (Å²) in [5.74, 6) is 0. The predicted octanol–water partition coefficient (Wildman–Crippen LogP) is 15.5. The molecule has 0 bridgehead atoms. The summed E-state index contributed by atoms with van der Waals surface area (Å²) in [4.78, 5) is 2.10. The van der Waals surface area contributed by atoms with Crippen LogP contribution in [0.4, 0.5) is 30.2 Å². The Balaban J connectivity index is 1.28. The molecule has 1 aliphatic rings. The van der Waals surface area contributed by atoms with Crippen molar-refractivity contribution in [3.8, 4) is 44.5 Å². The topological polar surface area (TPSA) is 3.24 Å². The lowest BCUT2D eigenvalue weighted by Crippen LogP contribution is -2.28. The van der Waals surface area contributed by atoms with Crippen LogP contribution in [0, 0.1) is 0 Å². The SMILES string of the molecule is FC(F)(F)c1ccc(N(c2cccc(-c3ccccc3)c2)c2ccc(-c3ccccc3)cc2-c2cccc3c2-c2ccccc2C3(c2ccccc2)c2ccccc2)cc1. The van der Waals surface area contributed by atoms with Crippen LogP contribution in [0.2, 0.25) is 0 Å². The van der Waals surface area contributed by atoms with Gasteiger partial charge in [-0.25, -0.2) is 0 Å². The number of rotatable bonds is 8. The summed E-state index contributed by atoms with van der Waals surface area (Å²) in [6, 6.07) is 77.4. The summed E-state index contributed by atoms with van der Waals surface area (Å²) < 4.78 is 42.1. The van der Waals surface area contributed by atoms with E-state index in [9.17, 15) is 13.2 Å². The molecule has 288 valence electrons. The van der Waals surface area contributed by atoms with Crippen LogP contribution < -0.4 is 4.90 Å². The summed E-state index contributed by atoms with van der Waals surface area (Å²) in [5, 5.41) is 0. The van der Waals surface area contributed by atoms with Crippen molar-refractivity contribution < 1.29 is 13.2 Å². The van der Waals surface area contributed by atoms with Crippen LogP contribution in [0.25, 0.3) is 44.5 Å². The smallest absolute Gasteiger partial charge is 0.310 e. The van der Waals surface area contributed by atoms with Gasteiger partial charge in [-0.2, -0.15) is 13.2 Å². The molecule has 9 aromatic rings. The van der Waals surface area contributed by atoms with Crippen molar-refractivity contribution in [3.05, 3.63) is 258 Å². The molecular formula is C56H38F3N.